The van der Waals surface area contributed by atoms with Gasteiger partial charge < -0.3 is 10.1 Å². The molecule has 114 valence electrons. The van der Waals surface area contributed by atoms with Gasteiger partial charge in [0.15, 0.2) is 0 Å². The Balaban J connectivity index is 2.41. The zero-order chi connectivity index (χ0) is 15.0. The Hall–Kier alpha value is -1.02. The zero-order valence-electron chi connectivity index (χ0n) is 13.8. The van der Waals surface area contributed by atoms with Gasteiger partial charge in [0, 0.05) is 6.04 Å². The molecule has 2 heteroatoms. The first-order valence-corrected chi connectivity index (χ1v) is 7.83. The maximum Gasteiger partial charge on any atom is 0.118 e. The van der Waals surface area contributed by atoms with Crippen molar-refractivity contribution in [2.75, 3.05) is 13.7 Å². The average Bonchev–Trinajstić information content (AvgIpc) is 2.43. The fourth-order valence-corrected chi connectivity index (χ4v) is 2.67. The fourth-order valence-electron chi connectivity index (χ4n) is 2.67. The highest BCUT2D eigenvalue weighted by molar-refractivity contribution is 5.27. The Morgan fingerprint density at radius 3 is 2.40 bits per heavy atom. The van der Waals surface area contributed by atoms with Crippen LogP contribution in [0.4, 0.5) is 0 Å². The molecule has 0 aliphatic rings. The van der Waals surface area contributed by atoms with Crippen LogP contribution >= 0.6 is 0 Å². The molecule has 1 aromatic rings. The van der Waals surface area contributed by atoms with Gasteiger partial charge in [-0.25, -0.2) is 0 Å². The van der Waals surface area contributed by atoms with Crippen LogP contribution in [0.25, 0.3) is 0 Å². The van der Waals surface area contributed by atoms with Gasteiger partial charge in [0.1, 0.15) is 5.75 Å². The first-order valence-electron chi connectivity index (χ1n) is 7.83. The van der Waals surface area contributed by atoms with E-state index in [4.69, 9.17) is 4.74 Å². The molecule has 1 unspecified atom stereocenters. The minimum atomic E-state index is 0.375. The minimum absolute atomic E-state index is 0.375. The Morgan fingerprint density at radius 2 is 1.85 bits per heavy atom. The first kappa shape index (κ1) is 17.0. The highest BCUT2D eigenvalue weighted by atomic mass is 16.5. The topological polar surface area (TPSA) is 21.3 Å². The minimum Gasteiger partial charge on any atom is -0.497 e. The number of hydrogen-bond donors (Lipinski definition) is 1. The normalized spacial score (nSPS) is 13.2. The van der Waals surface area contributed by atoms with Crippen LogP contribution < -0.4 is 10.1 Å². The summed E-state index contributed by atoms with van der Waals surface area (Å²) in [4.78, 5) is 0. The quantitative estimate of drug-likeness (QED) is 0.721. The zero-order valence-corrected chi connectivity index (χ0v) is 13.8. The van der Waals surface area contributed by atoms with Crippen molar-refractivity contribution in [3.8, 4) is 5.75 Å². The molecule has 0 spiro atoms. The number of methoxy groups -OCH3 is 1. The molecule has 0 saturated carbocycles. The second-order valence-corrected chi connectivity index (χ2v) is 6.57. The van der Waals surface area contributed by atoms with Crippen molar-refractivity contribution in [1.29, 1.82) is 0 Å². The number of benzene rings is 1. The van der Waals surface area contributed by atoms with Crippen LogP contribution in [0.3, 0.4) is 0 Å². The monoisotopic (exact) mass is 277 g/mol. The molecule has 1 N–H and O–H groups in total. The van der Waals surface area contributed by atoms with E-state index in [9.17, 15) is 0 Å². The molecule has 2 nitrogen and oxygen atoms in total. The highest BCUT2D eigenvalue weighted by Crippen LogP contribution is 2.29. The van der Waals surface area contributed by atoms with Gasteiger partial charge in [0.25, 0.3) is 0 Å². The number of aryl methyl sites for hydroxylation is 1. The summed E-state index contributed by atoms with van der Waals surface area (Å²) < 4.78 is 5.20. The van der Waals surface area contributed by atoms with Crippen molar-refractivity contribution >= 4 is 0 Å². The maximum absolute atomic E-state index is 5.20. The van der Waals surface area contributed by atoms with Gasteiger partial charge in [-0.15, -0.1) is 0 Å². The Bertz CT molecular complexity index is 370. The van der Waals surface area contributed by atoms with Crippen LogP contribution in [0.2, 0.25) is 0 Å². The fraction of sp³-hybridized carbons (Fsp3) is 0.667. The van der Waals surface area contributed by atoms with Crippen LogP contribution in [-0.2, 0) is 6.42 Å². The SMILES string of the molecule is CCCNC(C)CC(C)(C)CCc1ccc(OC)cc1. The van der Waals surface area contributed by atoms with Gasteiger partial charge in [-0.05, 0) is 62.3 Å². The Kier molecular flexibility index (Phi) is 7.08. The molecule has 0 aliphatic heterocycles. The van der Waals surface area contributed by atoms with E-state index in [-0.39, 0.29) is 0 Å². The lowest BCUT2D eigenvalue weighted by atomic mass is 9.81. The van der Waals surface area contributed by atoms with Crippen LogP contribution in [0.5, 0.6) is 5.75 Å². The molecule has 1 rings (SSSR count). The van der Waals surface area contributed by atoms with Crippen LogP contribution in [0, 0.1) is 5.41 Å². The van der Waals surface area contributed by atoms with Gasteiger partial charge in [0.05, 0.1) is 7.11 Å². The lowest BCUT2D eigenvalue weighted by molar-refractivity contribution is 0.268. The lowest BCUT2D eigenvalue weighted by Gasteiger charge is -2.28. The van der Waals surface area contributed by atoms with Gasteiger partial charge >= 0.3 is 0 Å². The lowest BCUT2D eigenvalue weighted by Crippen LogP contribution is -2.32. The number of ether oxygens (including phenoxy) is 1. The predicted octanol–water partition coefficient (Wildman–Crippen LogP) is 4.43. The third-order valence-corrected chi connectivity index (χ3v) is 3.85. The van der Waals surface area contributed by atoms with E-state index in [0.717, 1.165) is 18.7 Å². The summed E-state index contributed by atoms with van der Waals surface area (Å²) in [5, 5.41) is 3.59. The maximum atomic E-state index is 5.20. The van der Waals surface area contributed by atoms with Gasteiger partial charge in [-0.3, -0.25) is 0 Å². The van der Waals surface area contributed by atoms with Crippen molar-refractivity contribution in [3.05, 3.63) is 29.8 Å². The van der Waals surface area contributed by atoms with Crippen LogP contribution in [0.15, 0.2) is 24.3 Å². The summed E-state index contributed by atoms with van der Waals surface area (Å²) >= 11 is 0. The standard InChI is InChI=1S/C18H31NO/c1-6-13-19-15(2)14-18(3,4)12-11-16-7-9-17(20-5)10-8-16/h7-10,15,19H,6,11-14H2,1-5H3. The van der Waals surface area contributed by atoms with Crippen LogP contribution in [0.1, 0.15) is 52.5 Å². The summed E-state index contributed by atoms with van der Waals surface area (Å²) in [5.74, 6) is 0.936. The molecular weight excluding hydrogens is 246 g/mol. The number of rotatable bonds is 9. The van der Waals surface area contributed by atoms with Crippen LogP contribution in [-0.4, -0.2) is 19.7 Å². The molecule has 0 aromatic heterocycles. The molecular formula is C18H31NO. The van der Waals surface area contributed by atoms with E-state index >= 15 is 0 Å². The van der Waals surface area contributed by atoms with Gasteiger partial charge in [-0.1, -0.05) is 32.9 Å². The smallest absolute Gasteiger partial charge is 0.118 e. The van der Waals surface area contributed by atoms with Gasteiger partial charge in [0.2, 0.25) is 0 Å². The van der Waals surface area contributed by atoms with E-state index in [0.29, 0.717) is 11.5 Å². The molecule has 0 fully saturated rings. The molecule has 0 saturated heterocycles. The van der Waals surface area contributed by atoms with Gasteiger partial charge in [-0.2, -0.15) is 0 Å². The second-order valence-electron chi connectivity index (χ2n) is 6.57. The molecule has 0 radical (unpaired) electrons. The molecule has 0 amide bonds. The van der Waals surface area contributed by atoms with E-state index in [1.165, 1.54) is 24.8 Å². The highest BCUT2D eigenvalue weighted by Gasteiger charge is 2.20. The summed E-state index contributed by atoms with van der Waals surface area (Å²) in [6, 6.07) is 9.05. The molecule has 0 heterocycles. The summed E-state index contributed by atoms with van der Waals surface area (Å²) in [7, 11) is 1.71. The third kappa shape index (κ3) is 6.42. The van der Waals surface area contributed by atoms with Crippen molar-refractivity contribution < 1.29 is 4.74 Å². The average molecular weight is 277 g/mol. The van der Waals surface area contributed by atoms with E-state index in [2.05, 4.69) is 45.1 Å². The Morgan fingerprint density at radius 1 is 1.20 bits per heavy atom. The number of hydrogen-bond acceptors (Lipinski definition) is 2. The number of nitrogens with one attached hydrogen (secondary N) is 1. The van der Waals surface area contributed by atoms with E-state index < -0.39 is 0 Å². The summed E-state index contributed by atoms with van der Waals surface area (Å²) in [6.45, 7) is 10.4. The summed E-state index contributed by atoms with van der Waals surface area (Å²) in [5.41, 5.74) is 1.77. The molecule has 0 bridgehead atoms. The molecule has 20 heavy (non-hydrogen) atoms. The first-order chi connectivity index (χ1) is 9.46. The van der Waals surface area contributed by atoms with Crippen molar-refractivity contribution in [2.45, 2.75) is 59.4 Å². The molecule has 0 aliphatic carbocycles. The summed E-state index contributed by atoms with van der Waals surface area (Å²) in [6.07, 6.45) is 4.79. The van der Waals surface area contributed by atoms with E-state index in [1.54, 1.807) is 7.11 Å². The predicted molar refractivity (Wildman–Crippen MR) is 87.5 cm³/mol. The van der Waals surface area contributed by atoms with Crippen molar-refractivity contribution in [3.63, 3.8) is 0 Å². The third-order valence-electron chi connectivity index (χ3n) is 3.85. The van der Waals surface area contributed by atoms with Crippen molar-refractivity contribution in [1.82, 2.24) is 5.32 Å². The van der Waals surface area contributed by atoms with Crippen molar-refractivity contribution in [2.24, 2.45) is 5.41 Å². The van der Waals surface area contributed by atoms with E-state index in [1.807, 2.05) is 12.1 Å². The largest absolute Gasteiger partial charge is 0.497 e. The molecule has 1 aromatic carbocycles. The molecule has 1 atom stereocenters. The second kappa shape index (κ2) is 8.31. The Labute approximate surface area is 124 Å².